The third-order valence-corrected chi connectivity index (χ3v) is 2.69. The van der Waals surface area contributed by atoms with E-state index in [0.717, 1.165) is 0 Å². The van der Waals surface area contributed by atoms with Crippen molar-refractivity contribution in [2.45, 2.75) is 91.9 Å². The Bertz CT molecular complexity index is 71.1. The van der Waals surface area contributed by atoms with Crippen LogP contribution in [0.3, 0.4) is 0 Å². The molecular formula is C16H34Nd2-2. The molecule has 0 saturated carbocycles. The van der Waals surface area contributed by atoms with Gasteiger partial charge in [0.2, 0.25) is 0 Å². The fraction of sp³-hybridized carbons (Fsp3) is 0.875. The van der Waals surface area contributed by atoms with Crippen LogP contribution in [0.15, 0.2) is 0 Å². The molecule has 0 nitrogen and oxygen atoms in total. The van der Waals surface area contributed by atoms with Gasteiger partial charge in [0.15, 0.2) is 0 Å². The molecule has 0 rings (SSSR count). The zero-order valence-electron chi connectivity index (χ0n) is 13.2. The van der Waals surface area contributed by atoms with Gasteiger partial charge in [0, 0.05) is 81.7 Å². The van der Waals surface area contributed by atoms with Gasteiger partial charge in [0.05, 0.1) is 0 Å². The number of unbranched alkanes of at least 4 members (excludes halogenated alkanes) is 10. The maximum atomic E-state index is 2.25. The molecule has 0 aliphatic carbocycles. The van der Waals surface area contributed by atoms with E-state index in [9.17, 15) is 0 Å². The number of hydrogen-bond acceptors (Lipinski definition) is 0. The van der Waals surface area contributed by atoms with Gasteiger partial charge < -0.3 is 12.8 Å². The predicted molar refractivity (Wildman–Crippen MR) is 77.5 cm³/mol. The average molecular weight is 515 g/mol. The standard InChI is InChI=1S/2C8H17.2Nd/c2*1-3-5-7-8-6-4-2;;/h2*3H,4-8H2,1-2H3;;/q2*-1;;. The van der Waals surface area contributed by atoms with Crippen LogP contribution in [0.1, 0.15) is 91.9 Å². The third-order valence-electron chi connectivity index (χ3n) is 2.69. The molecule has 0 bridgehead atoms. The Kier molecular flexibility index (Phi) is 51.0. The average Bonchev–Trinajstić information content (AvgIpc) is 2.31. The van der Waals surface area contributed by atoms with E-state index < -0.39 is 0 Å². The van der Waals surface area contributed by atoms with Gasteiger partial charge >= 0.3 is 0 Å². The summed E-state index contributed by atoms with van der Waals surface area (Å²) in [6, 6.07) is 0. The zero-order chi connectivity index (χ0) is 12.5. The normalized spacial score (nSPS) is 8.67. The first-order valence-electron chi connectivity index (χ1n) is 7.39. The fourth-order valence-corrected chi connectivity index (χ4v) is 1.55. The molecule has 0 unspecified atom stereocenters. The SMILES string of the molecule is C[CH-]CCCCCC.C[CH-]CCCCCC.[Nd].[Nd]. The molecule has 18 heavy (non-hydrogen) atoms. The van der Waals surface area contributed by atoms with E-state index in [4.69, 9.17) is 0 Å². The van der Waals surface area contributed by atoms with Gasteiger partial charge in [0.25, 0.3) is 0 Å². The molecular weight excluding hydrogens is 481 g/mol. The van der Waals surface area contributed by atoms with Gasteiger partial charge in [-0.25, -0.2) is 0 Å². The quantitative estimate of drug-likeness (QED) is 0.235. The molecule has 0 heterocycles. The van der Waals surface area contributed by atoms with E-state index in [1.807, 2.05) is 0 Å². The third kappa shape index (κ3) is 36.3. The van der Waals surface area contributed by atoms with Crippen molar-refractivity contribution < 1.29 is 81.7 Å². The van der Waals surface area contributed by atoms with Crippen molar-refractivity contribution in [1.82, 2.24) is 0 Å². The van der Waals surface area contributed by atoms with Crippen LogP contribution in [-0.2, 0) is 0 Å². The first-order chi connectivity index (χ1) is 7.83. The molecule has 0 fully saturated rings. The first-order valence-corrected chi connectivity index (χ1v) is 7.39. The number of rotatable bonds is 10. The van der Waals surface area contributed by atoms with Crippen molar-refractivity contribution >= 4 is 0 Å². The van der Waals surface area contributed by atoms with E-state index >= 15 is 0 Å². The second kappa shape index (κ2) is 31.9. The van der Waals surface area contributed by atoms with E-state index in [2.05, 4.69) is 40.5 Å². The second-order valence-electron chi connectivity index (χ2n) is 4.52. The van der Waals surface area contributed by atoms with E-state index in [1.54, 1.807) is 0 Å². The Hall–Kier alpha value is 2.70. The number of hydrogen-bond donors (Lipinski definition) is 0. The van der Waals surface area contributed by atoms with E-state index in [-0.39, 0.29) is 81.7 Å². The van der Waals surface area contributed by atoms with Gasteiger partial charge in [-0.3, -0.25) is 0 Å². The molecule has 0 spiro atoms. The zero-order valence-corrected chi connectivity index (χ0v) is 19.6. The summed E-state index contributed by atoms with van der Waals surface area (Å²) in [5.74, 6) is 0. The van der Waals surface area contributed by atoms with Crippen molar-refractivity contribution in [2.75, 3.05) is 0 Å². The minimum Gasteiger partial charge on any atom is -0.332 e. The van der Waals surface area contributed by atoms with Gasteiger partial charge in [-0.2, -0.15) is 26.7 Å². The molecule has 0 aromatic carbocycles. The predicted octanol–water partition coefficient (Wildman–Crippen LogP) is 6.36. The van der Waals surface area contributed by atoms with Crippen LogP contribution in [0.25, 0.3) is 0 Å². The van der Waals surface area contributed by atoms with Crippen LogP contribution in [0.4, 0.5) is 0 Å². The van der Waals surface area contributed by atoms with Gasteiger partial charge in [-0.05, 0) is 0 Å². The van der Waals surface area contributed by atoms with E-state index in [1.165, 1.54) is 64.2 Å². The molecule has 0 saturated heterocycles. The molecule has 2 heteroatoms. The van der Waals surface area contributed by atoms with Crippen LogP contribution in [0.5, 0.6) is 0 Å². The van der Waals surface area contributed by atoms with Crippen LogP contribution in [0, 0.1) is 94.5 Å². The minimum atomic E-state index is 0. The van der Waals surface area contributed by atoms with Crippen LogP contribution < -0.4 is 0 Å². The summed E-state index contributed by atoms with van der Waals surface area (Å²) in [6.45, 7) is 8.75. The molecule has 0 atom stereocenters. The molecule has 108 valence electrons. The van der Waals surface area contributed by atoms with Crippen molar-refractivity contribution in [3.05, 3.63) is 12.8 Å². The van der Waals surface area contributed by atoms with Crippen LogP contribution >= 0.6 is 0 Å². The molecule has 0 aromatic rings. The molecule has 0 N–H and O–H groups in total. The topological polar surface area (TPSA) is 0 Å². The van der Waals surface area contributed by atoms with E-state index in [0.29, 0.717) is 0 Å². The van der Waals surface area contributed by atoms with Crippen molar-refractivity contribution in [1.29, 1.82) is 0 Å². The first kappa shape index (κ1) is 28.8. The minimum absolute atomic E-state index is 0. The smallest absolute Gasteiger partial charge is 0 e. The van der Waals surface area contributed by atoms with Crippen LogP contribution in [-0.4, -0.2) is 0 Å². The summed E-state index contributed by atoms with van der Waals surface area (Å²) in [6.07, 6.45) is 18.2. The Morgan fingerprint density at radius 3 is 1.11 bits per heavy atom. The molecule has 0 amide bonds. The van der Waals surface area contributed by atoms with Gasteiger partial charge in [-0.15, -0.1) is 0 Å². The van der Waals surface area contributed by atoms with Crippen molar-refractivity contribution in [3.8, 4) is 0 Å². The molecule has 0 aromatic heterocycles. The fourth-order valence-electron chi connectivity index (χ4n) is 1.55. The van der Waals surface area contributed by atoms with Gasteiger partial charge in [0.1, 0.15) is 0 Å². The largest absolute Gasteiger partial charge is 0.332 e. The Morgan fingerprint density at radius 1 is 0.556 bits per heavy atom. The summed E-state index contributed by atoms with van der Waals surface area (Å²) in [5.41, 5.74) is 0. The Labute approximate surface area is 183 Å². The Morgan fingerprint density at radius 2 is 0.889 bits per heavy atom. The molecule has 0 aliphatic rings. The Balaban J connectivity index is -0.0000000980. The monoisotopic (exact) mass is 510 g/mol. The maximum absolute atomic E-state index is 2.25. The van der Waals surface area contributed by atoms with Crippen LogP contribution in [0.2, 0.25) is 0 Å². The summed E-state index contributed by atoms with van der Waals surface area (Å²) in [5, 5.41) is 0. The molecule has 0 aliphatic heterocycles. The summed E-state index contributed by atoms with van der Waals surface area (Å²) in [7, 11) is 0. The summed E-state index contributed by atoms with van der Waals surface area (Å²) >= 11 is 0. The second-order valence-corrected chi connectivity index (χ2v) is 4.52. The van der Waals surface area contributed by atoms with Crippen molar-refractivity contribution in [3.63, 3.8) is 0 Å². The van der Waals surface area contributed by atoms with Gasteiger partial charge in [-0.1, -0.05) is 65.2 Å². The summed E-state index contributed by atoms with van der Waals surface area (Å²) < 4.78 is 0. The summed E-state index contributed by atoms with van der Waals surface area (Å²) in [4.78, 5) is 0. The molecule has 0 radical (unpaired) electrons. The maximum Gasteiger partial charge on any atom is 0 e. The van der Waals surface area contributed by atoms with Crippen molar-refractivity contribution in [2.24, 2.45) is 0 Å².